The second-order valence-corrected chi connectivity index (χ2v) is 8.09. The molecule has 0 spiro atoms. The van der Waals surface area contributed by atoms with Crippen LogP contribution in [0.3, 0.4) is 0 Å². The first-order chi connectivity index (χ1) is 9.85. The lowest BCUT2D eigenvalue weighted by molar-refractivity contribution is 0.345. The van der Waals surface area contributed by atoms with Gasteiger partial charge in [0.2, 0.25) is 10.0 Å². The van der Waals surface area contributed by atoms with Gasteiger partial charge in [0.25, 0.3) is 0 Å². The van der Waals surface area contributed by atoms with Gasteiger partial charge in [0.1, 0.15) is 10.7 Å². The largest absolute Gasteiger partial charge is 0.311 e. The molecule has 1 aromatic rings. The van der Waals surface area contributed by atoms with Gasteiger partial charge < -0.3 is 5.32 Å². The minimum absolute atomic E-state index is 0.147. The molecule has 2 atom stereocenters. The molecule has 3 rings (SSSR count). The topological polar surface area (TPSA) is 58.2 Å². The molecule has 0 aliphatic carbocycles. The number of hydrogen-bond donors (Lipinski definition) is 2. The standard InChI is InChI=1S/C13H15Cl2FN2O2S/c14-11-3-7(16)4-12(15)13(11)21(19,20)18-10-5-8-1-2-9(6-10)17-8/h3-4,8-10,17-18H,1-2,5-6H2. The summed E-state index contributed by atoms with van der Waals surface area (Å²) in [4.78, 5) is -0.252. The Morgan fingerprint density at radius 1 is 1.14 bits per heavy atom. The molecule has 0 amide bonds. The molecule has 2 saturated heterocycles. The Morgan fingerprint density at radius 3 is 2.19 bits per heavy atom. The molecule has 0 aromatic heterocycles. The first kappa shape index (κ1) is 15.5. The van der Waals surface area contributed by atoms with Crippen molar-refractivity contribution in [2.24, 2.45) is 0 Å². The van der Waals surface area contributed by atoms with Gasteiger partial charge in [0.05, 0.1) is 10.0 Å². The van der Waals surface area contributed by atoms with Crippen LogP contribution in [-0.4, -0.2) is 26.5 Å². The number of nitrogens with one attached hydrogen (secondary N) is 2. The van der Waals surface area contributed by atoms with E-state index >= 15 is 0 Å². The summed E-state index contributed by atoms with van der Waals surface area (Å²) in [6.45, 7) is 0. The summed E-state index contributed by atoms with van der Waals surface area (Å²) in [5, 5.41) is 3.03. The zero-order valence-electron chi connectivity index (χ0n) is 11.1. The van der Waals surface area contributed by atoms with E-state index in [1.54, 1.807) is 0 Å². The van der Waals surface area contributed by atoms with Gasteiger partial charge in [-0.05, 0) is 37.8 Å². The van der Waals surface area contributed by atoms with Crippen molar-refractivity contribution in [1.29, 1.82) is 0 Å². The van der Waals surface area contributed by atoms with Crippen molar-refractivity contribution in [3.8, 4) is 0 Å². The summed E-state index contributed by atoms with van der Waals surface area (Å²) < 4.78 is 40.8. The zero-order chi connectivity index (χ0) is 15.2. The summed E-state index contributed by atoms with van der Waals surface area (Å²) in [5.74, 6) is -0.663. The van der Waals surface area contributed by atoms with E-state index in [9.17, 15) is 12.8 Å². The summed E-state index contributed by atoms with van der Waals surface area (Å²) >= 11 is 11.7. The number of hydrogen-bond acceptors (Lipinski definition) is 3. The highest BCUT2D eigenvalue weighted by Gasteiger charge is 2.36. The van der Waals surface area contributed by atoms with Gasteiger partial charge in [-0.15, -0.1) is 0 Å². The molecule has 0 radical (unpaired) electrons. The molecular weight excluding hydrogens is 338 g/mol. The average molecular weight is 353 g/mol. The Balaban J connectivity index is 1.84. The Bertz CT molecular complexity index is 633. The molecule has 116 valence electrons. The molecule has 2 aliphatic rings. The lowest BCUT2D eigenvalue weighted by atomic mass is 10.0. The van der Waals surface area contributed by atoms with Crippen LogP contribution in [0.5, 0.6) is 0 Å². The van der Waals surface area contributed by atoms with Crippen molar-refractivity contribution in [3.05, 3.63) is 28.0 Å². The van der Waals surface area contributed by atoms with Crippen LogP contribution in [0.15, 0.2) is 17.0 Å². The van der Waals surface area contributed by atoms with Gasteiger partial charge in [-0.3, -0.25) is 0 Å². The molecule has 8 heteroatoms. The van der Waals surface area contributed by atoms with Gasteiger partial charge in [-0.25, -0.2) is 17.5 Å². The van der Waals surface area contributed by atoms with Gasteiger partial charge in [-0.2, -0.15) is 0 Å². The fraction of sp³-hybridized carbons (Fsp3) is 0.538. The van der Waals surface area contributed by atoms with Crippen molar-refractivity contribution >= 4 is 33.2 Å². The quantitative estimate of drug-likeness (QED) is 0.879. The molecule has 2 unspecified atom stereocenters. The van der Waals surface area contributed by atoms with E-state index < -0.39 is 15.8 Å². The van der Waals surface area contributed by atoms with Crippen LogP contribution in [0.4, 0.5) is 4.39 Å². The summed E-state index contributed by atoms with van der Waals surface area (Å²) in [6.07, 6.45) is 3.63. The number of fused-ring (bicyclic) bond motifs is 2. The minimum atomic E-state index is -3.87. The maximum Gasteiger partial charge on any atom is 0.243 e. The highest BCUT2D eigenvalue weighted by atomic mass is 35.5. The monoisotopic (exact) mass is 352 g/mol. The average Bonchev–Trinajstić information content (AvgIpc) is 2.66. The lowest BCUT2D eigenvalue weighted by Crippen LogP contribution is -2.48. The van der Waals surface area contributed by atoms with Crippen molar-refractivity contribution in [1.82, 2.24) is 10.0 Å². The molecule has 2 aliphatic heterocycles. The minimum Gasteiger partial charge on any atom is -0.311 e. The molecule has 0 saturated carbocycles. The van der Waals surface area contributed by atoms with E-state index in [1.165, 1.54) is 0 Å². The van der Waals surface area contributed by atoms with E-state index in [2.05, 4.69) is 10.0 Å². The Kier molecular flexibility index (Phi) is 4.18. The third-order valence-electron chi connectivity index (χ3n) is 4.03. The fourth-order valence-corrected chi connectivity index (χ4v) is 5.67. The van der Waals surface area contributed by atoms with Crippen molar-refractivity contribution in [2.75, 3.05) is 0 Å². The molecule has 2 N–H and O–H groups in total. The highest BCUT2D eigenvalue weighted by molar-refractivity contribution is 7.89. The molecular formula is C13H15Cl2FN2O2S. The first-order valence-electron chi connectivity index (χ1n) is 6.78. The summed E-state index contributed by atoms with van der Waals surface area (Å²) in [6, 6.07) is 2.47. The smallest absolute Gasteiger partial charge is 0.243 e. The number of sulfonamides is 1. The molecule has 1 aromatic carbocycles. The van der Waals surface area contributed by atoms with Gasteiger partial charge >= 0.3 is 0 Å². The van der Waals surface area contributed by atoms with Crippen LogP contribution >= 0.6 is 23.2 Å². The second kappa shape index (κ2) is 5.66. The molecule has 2 bridgehead atoms. The molecule has 4 nitrogen and oxygen atoms in total. The molecule has 2 heterocycles. The maximum atomic E-state index is 13.2. The normalized spacial score (nSPS) is 28.8. The van der Waals surface area contributed by atoms with E-state index in [4.69, 9.17) is 23.2 Å². The maximum absolute atomic E-state index is 13.2. The van der Waals surface area contributed by atoms with Gasteiger partial charge in [-0.1, -0.05) is 23.2 Å². The SMILES string of the molecule is O=S(=O)(NC1CC2CCC(C1)N2)c1c(Cl)cc(F)cc1Cl. The van der Waals surface area contributed by atoms with Crippen LogP contribution in [0, 0.1) is 5.82 Å². The molecule has 2 fully saturated rings. The lowest BCUT2D eigenvalue weighted by Gasteiger charge is -2.29. The number of halogens is 3. The van der Waals surface area contributed by atoms with Crippen LogP contribution in [0.25, 0.3) is 0 Å². The highest BCUT2D eigenvalue weighted by Crippen LogP contribution is 2.32. The van der Waals surface area contributed by atoms with Gasteiger partial charge in [0, 0.05) is 18.1 Å². The van der Waals surface area contributed by atoms with Crippen LogP contribution in [0.2, 0.25) is 10.0 Å². The zero-order valence-corrected chi connectivity index (χ0v) is 13.4. The first-order valence-corrected chi connectivity index (χ1v) is 9.02. The van der Waals surface area contributed by atoms with E-state index in [0.29, 0.717) is 12.1 Å². The Hall–Kier alpha value is -0.400. The second-order valence-electron chi connectivity index (χ2n) is 5.63. The third kappa shape index (κ3) is 3.19. The van der Waals surface area contributed by atoms with Gasteiger partial charge in [0.15, 0.2) is 0 Å². The van der Waals surface area contributed by atoms with Crippen molar-refractivity contribution in [2.45, 2.75) is 48.7 Å². The Morgan fingerprint density at radius 2 is 1.67 bits per heavy atom. The molecule has 21 heavy (non-hydrogen) atoms. The van der Waals surface area contributed by atoms with Crippen LogP contribution in [0.1, 0.15) is 25.7 Å². The number of benzene rings is 1. The third-order valence-corrected chi connectivity index (χ3v) is 6.47. The van der Waals surface area contributed by atoms with E-state index in [1.807, 2.05) is 0 Å². The predicted octanol–water partition coefficient (Wildman–Crippen LogP) is 2.69. The van der Waals surface area contributed by atoms with Crippen molar-refractivity contribution < 1.29 is 12.8 Å². The summed E-state index contributed by atoms with van der Waals surface area (Å²) in [5.41, 5.74) is 0. The van der Waals surface area contributed by atoms with Crippen molar-refractivity contribution in [3.63, 3.8) is 0 Å². The Labute approximate surface area is 133 Å². The number of piperidine rings is 1. The van der Waals surface area contributed by atoms with E-state index in [-0.39, 0.29) is 21.0 Å². The fourth-order valence-electron chi connectivity index (χ4n) is 3.22. The van der Waals surface area contributed by atoms with Crippen LogP contribution in [-0.2, 0) is 10.0 Å². The van der Waals surface area contributed by atoms with E-state index in [0.717, 1.165) is 37.8 Å². The van der Waals surface area contributed by atoms with Crippen LogP contribution < -0.4 is 10.0 Å². The number of rotatable bonds is 3. The summed E-state index contributed by atoms with van der Waals surface area (Å²) in [7, 11) is -3.87. The predicted molar refractivity (Wildman–Crippen MR) is 79.7 cm³/mol.